The van der Waals surface area contributed by atoms with Crippen LogP contribution in [0.1, 0.15) is 44.6 Å². The van der Waals surface area contributed by atoms with Crippen LogP contribution in [0, 0.1) is 17.2 Å². The lowest BCUT2D eigenvalue weighted by molar-refractivity contribution is -0.137. The summed E-state index contributed by atoms with van der Waals surface area (Å²) in [6, 6.07) is 8.62. The van der Waals surface area contributed by atoms with Gasteiger partial charge in [-0.25, -0.2) is 0 Å². The van der Waals surface area contributed by atoms with E-state index < -0.39 is 0 Å². The maximum absolute atomic E-state index is 12.1. The Bertz CT molecular complexity index is 605. The first kappa shape index (κ1) is 16.0. The van der Waals surface area contributed by atoms with E-state index in [1.165, 1.54) is 24.8 Å². The molecule has 1 unspecified atom stereocenters. The van der Waals surface area contributed by atoms with Gasteiger partial charge in [-0.15, -0.1) is 0 Å². The van der Waals surface area contributed by atoms with Crippen LogP contribution in [0.5, 0.6) is 5.75 Å². The lowest BCUT2D eigenvalue weighted by atomic mass is 9.94. The molecule has 0 N–H and O–H groups in total. The fourth-order valence-corrected chi connectivity index (χ4v) is 2.39. The number of ether oxygens (including phenoxy) is 1. The Morgan fingerprint density at radius 3 is 2.68 bits per heavy atom. The lowest BCUT2D eigenvalue weighted by Crippen LogP contribution is -2.19. The Morgan fingerprint density at radius 1 is 1.32 bits per heavy atom. The summed E-state index contributed by atoms with van der Waals surface area (Å²) >= 11 is 0. The van der Waals surface area contributed by atoms with Crippen molar-refractivity contribution in [3.05, 3.63) is 53.6 Å². The van der Waals surface area contributed by atoms with E-state index in [0.29, 0.717) is 17.7 Å². The summed E-state index contributed by atoms with van der Waals surface area (Å²) in [7, 11) is 0. The number of hydrogen-bond acceptors (Lipinski definition) is 3. The number of unbranched alkanes of at least 4 members (excludes halogenated alkanes) is 2. The van der Waals surface area contributed by atoms with E-state index in [1.54, 1.807) is 24.3 Å². The predicted molar refractivity (Wildman–Crippen MR) is 86.3 cm³/mol. The Hall–Kier alpha value is -2.34. The summed E-state index contributed by atoms with van der Waals surface area (Å²) in [6.45, 7) is 2.19. The van der Waals surface area contributed by atoms with Crippen molar-refractivity contribution in [2.45, 2.75) is 39.0 Å². The van der Waals surface area contributed by atoms with E-state index in [1.807, 2.05) is 18.2 Å². The minimum absolute atomic E-state index is 0.217. The molecule has 0 saturated carbocycles. The molecule has 3 nitrogen and oxygen atoms in total. The van der Waals surface area contributed by atoms with Crippen molar-refractivity contribution in [2.24, 2.45) is 5.92 Å². The van der Waals surface area contributed by atoms with Crippen molar-refractivity contribution < 1.29 is 9.53 Å². The first-order valence-corrected chi connectivity index (χ1v) is 7.82. The molecule has 0 aromatic heterocycles. The van der Waals surface area contributed by atoms with Gasteiger partial charge in [0, 0.05) is 0 Å². The largest absolute Gasteiger partial charge is 0.426 e. The van der Waals surface area contributed by atoms with Gasteiger partial charge < -0.3 is 4.74 Å². The Kier molecular flexibility index (Phi) is 5.97. The van der Waals surface area contributed by atoms with Gasteiger partial charge in [0.25, 0.3) is 0 Å². The van der Waals surface area contributed by atoms with Crippen molar-refractivity contribution >= 4 is 5.97 Å². The summed E-state index contributed by atoms with van der Waals surface area (Å²) in [5.74, 6) is 0.0190. The molecule has 2 rings (SSSR count). The SMILES string of the molecule is CCCCCC1=CCC(C(=O)Oc2ccc(C#N)cc2)C=C1. The third-order valence-corrected chi connectivity index (χ3v) is 3.75. The van der Waals surface area contributed by atoms with E-state index in [4.69, 9.17) is 10.00 Å². The zero-order chi connectivity index (χ0) is 15.8. The summed E-state index contributed by atoms with van der Waals surface area (Å²) in [4.78, 5) is 12.1. The molecule has 1 aromatic rings. The summed E-state index contributed by atoms with van der Waals surface area (Å²) in [5.41, 5.74) is 1.87. The quantitative estimate of drug-likeness (QED) is 0.439. The molecule has 1 aromatic carbocycles. The highest BCUT2D eigenvalue weighted by atomic mass is 16.5. The molecule has 3 heteroatoms. The van der Waals surface area contributed by atoms with Crippen molar-refractivity contribution in [3.63, 3.8) is 0 Å². The number of esters is 1. The summed E-state index contributed by atoms with van der Waals surface area (Å²) in [6.07, 6.45) is 11.6. The molecular formula is C19H21NO2. The van der Waals surface area contributed by atoms with Crippen LogP contribution in [-0.2, 0) is 4.79 Å². The molecule has 0 saturated heterocycles. The van der Waals surface area contributed by atoms with Crippen LogP contribution in [0.4, 0.5) is 0 Å². The first-order chi connectivity index (χ1) is 10.7. The molecule has 1 atom stereocenters. The molecular weight excluding hydrogens is 274 g/mol. The van der Waals surface area contributed by atoms with Gasteiger partial charge in [-0.1, -0.05) is 43.6 Å². The third-order valence-electron chi connectivity index (χ3n) is 3.75. The highest BCUT2D eigenvalue weighted by Gasteiger charge is 2.19. The van der Waals surface area contributed by atoms with Crippen LogP contribution in [-0.4, -0.2) is 5.97 Å². The summed E-state index contributed by atoms with van der Waals surface area (Å²) in [5, 5.41) is 8.74. The van der Waals surface area contributed by atoms with Gasteiger partial charge in [-0.3, -0.25) is 4.79 Å². The minimum atomic E-state index is -0.246. The van der Waals surface area contributed by atoms with Gasteiger partial charge in [0.05, 0.1) is 17.6 Å². The molecule has 0 heterocycles. The van der Waals surface area contributed by atoms with Gasteiger partial charge in [0.2, 0.25) is 0 Å². The van der Waals surface area contributed by atoms with Gasteiger partial charge in [0.1, 0.15) is 5.75 Å². The average Bonchev–Trinajstić information content (AvgIpc) is 2.56. The molecule has 0 radical (unpaired) electrons. The fraction of sp³-hybridized carbons (Fsp3) is 0.368. The molecule has 22 heavy (non-hydrogen) atoms. The number of carbonyl (C=O) groups excluding carboxylic acids is 1. The van der Waals surface area contributed by atoms with Gasteiger partial charge in [-0.2, -0.15) is 5.26 Å². The smallest absolute Gasteiger partial charge is 0.318 e. The van der Waals surface area contributed by atoms with Crippen LogP contribution in [0.15, 0.2) is 48.1 Å². The number of allylic oxidation sites excluding steroid dienone is 3. The van der Waals surface area contributed by atoms with E-state index in [9.17, 15) is 4.79 Å². The van der Waals surface area contributed by atoms with E-state index in [2.05, 4.69) is 13.0 Å². The molecule has 1 aliphatic rings. The van der Waals surface area contributed by atoms with Crippen LogP contribution in [0.25, 0.3) is 0 Å². The molecule has 0 bridgehead atoms. The molecule has 0 aliphatic heterocycles. The van der Waals surface area contributed by atoms with Gasteiger partial charge >= 0.3 is 5.97 Å². The number of benzene rings is 1. The third kappa shape index (κ3) is 4.60. The highest BCUT2D eigenvalue weighted by molar-refractivity contribution is 5.77. The van der Waals surface area contributed by atoms with E-state index in [-0.39, 0.29) is 11.9 Å². The Morgan fingerprint density at radius 2 is 2.09 bits per heavy atom. The van der Waals surface area contributed by atoms with Crippen LogP contribution in [0.2, 0.25) is 0 Å². The zero-order valence-electron chi connectivity index (χ0n) is 12.9. The second kappa shape index (κ2) is 8.19. The number of nitriles is 1. The second-order valence-electron chi connectivity index (χ2n) is 5.49. The number of carbonyl (C=O) groups is 1. The predicted octanol–water partition coefficient (Wildman–Crippen LogP) is 4.55. The molecule has 114 valence electrons. The topological polar surface area (TPSA) is 50.1 Å². The summed E-state index contributed by atoms with van der Waals surface area (Å²) < 4.78 is 5.36. The zero-order valence-corrected chi connectivity index (χ0v) is 12.9. The molecule has 1 aliphatic carbocycles. The Balaban J connectivity index is 1.84. The maximum atomic E-state index is 12.1. The van der Waals surface area contributed by atoms with Crippen molar-refractivity contribution in [1.82, 2.24) is 0 Å². The molecule has 0 amide bonds. The second-order valence-corrected chi connectivity index (χ2v) is 5.49. The van der Waals surface area contributed by atoms with Crippen molar-refractivity contribution in [3.8, 4) is 11.8 Å². The number of nitrogens with zero attached hydrogens (tertiary/aromatic N) is 1. The van der Waals surface area contributed by atoms with Crippen molar-refractivity contribution in [2.75, 3.05) is 0 Å². The molecule has 0 fully saturated rings. The van der Waals surface area contributed by atoms with Crippen molar-refractivity contribution in [1.29, 1.82) is 5.26 Å². The first-order valence-electron chi connectivity index (χ1n) is 7.82. The van der Waals surface area contributed by atoms with Crippen LogP contribution < -0.4 is 4.74 Å². The standard InChI is InChI=1S/C19H21NO2/c1-2-3-4-5-15-6-10-17(11-7-15)19(21)22-18-12-8-16(14-20)9-13-18/h6-10,12-13,17H,2-5,11H2,1H3. The van der Waals surface area contributed by atoms with Crippen LogP contribution >= 0.6 is 0 Å². The fourth-order valence-electron chi connectivity index (χ4n) is 2.39. The Labute approximate surface area is 131 Å². The van der Waals surface area contributed by atoms with Gasteiger partial charge in [0.15, 0.2) is 0 Å². The minimum Gasteiger partial charge on any atom is -0.426 e. The number of rotatable bonds is 6. The van der Waals surface area contributed by atoms with E-state index >= 15 is 0 Å². The maximum Gasteiger partial charge on any atom is 0.318 e. The van der Waals surface area contributed by atoms with Gasteiger partial charge in [-0.05, 0) is 43.5 Å². The normalized spacial score (nSPS) is 16.7. The van der Waals surface area contributed by atoms with Crippen LogP contribution in [0.3, 0.4) is 0 Å². The monoisotopic (exact) mass is 295 g/mol. The average molecular weight is 295 g/mol. The lowest BCUT2D eigenvalue weighted by Gasteiger charge is -2.15. The highest BCUT2D eigenvalue weighted by Crippen LogP contribution is 2.22. The van der Waals surface area contributed by atoms with E-state index in [0.717, 1.165) is 6.42 Å². The molecule has 0 spiro atoms. The number of hydrogen-bond donors (Lipinski definition) is 0.